The van der Waals surface area contributed by atoms with Gasteiger partial charge in [0.05, 0.1) is 20.1 Å². The van der Waals surface area contributed by atoms with Gasteiger partial charge < -0.3 is 24.8 Å². The fraction of sp³-hybridized carbons (Fsp3) is 0.800. The molecule has 0 aromatic carbocycles. The fourth-order valence-corrected chi connectivity index (χ4v) is 0.372. The minimum Gasteiger partial charge on any atom is -0.437 e. The predicted octanol–water partition coefficient (Wildman–Crippen LogP) is -1.21. The van der Waals surface area contributed by atoms with Crippen molar-refractivity contribution in [1.29, 1.82) is 0 Å². The number of rotatable bonds is 3. The molecule has 0 bridgehead atoms. The van der Waals surface area contributed by atoms with E-state index in [9.17, 15) is 4.79 Å². The largest absolute Gasteiger partial charge is 0.512 e. The Kier molecular flexibility index (Phi) is 3.80. The van der Waals surface area contributed by atoms with Crippen LogP contribution in [0.3, 0.4) is 0 Å². The van der Waals surface area contributed by atoms with Gasteiger partial charge in [0.2, 0.25) is 0 Å². The van der Waals surface area contributed by atoms with Crippen LogP contribution in [0.5, 0.6) is 0 Å². The van der Waals surface area contributed by atoms with Crippen LogP contribution < -0.4 is 0 Å². The monoisotopic (exact) mass is 166 g/mol. The molecule has 0 rings (SSSR count). The van der Waals surface area contributed by atoms with Gasteiger partial charge >= 0.3 is 12.1 Å². The fourth-order valence-electron chi connectivity index (χ4n) is 0.372. The third kappa shape index (κ3) is 4.54. The van der Waals surface area contributed by atoms with Crippen LogP contribution in [0.4, 0.5) is 4.79 Å². The molecule has 0 saturated heterocycles. The molecule has 0 aliphatic rings. The Morgan fingerprint density at radius 3 is 2.45 bits per heavy atom. The van der Waals surface area contributed by atoms with Gasteiger partial charge in [-0.15, -0.1) is 0 Å². The molecule has 0 aromatic heterocycles. The quantitative estimate of drug-likeness (QED) is 0.359. The third-order valence-electron chi connectivity index (χ3n) is 0.851. The molecule has 6 heteroatoms. The standard InChI is InChI=1S/C5H10O6/c1-10-4(7)11-5(8,9)2-3-6/h6,8-9H,2-3H2,1H3. The molecule has 0 amide bonds. The zero-order valence-electron chi connectivity index (χ0n) is 5.98. The molecule has 0 unspecified atom stereocenters. The zero-order valence-corrected chi connectivity index (χ0v) is 5.98. The summed E-state index contributed by atoms with van der Waals surface area (Å²) in [6, 6.07) is 0. The van der Waals surface area contributed by atoms with Crippen molar-refractivity contribution in [2.24, 2.45) is 0 Å². The molecule has 66 valence electrons. The topological polar surface area (TPSA) is 96.2 Å². The molecular weight excluding hydrogens is 156 g/mol. The molecule has 0 radical (unpaired) electrons. The Morgan fingerprint density at radius 1 is 1.55 bits per heavy atom. The van der Waals surface area contributed by atoms with Crippen molar-refractivity contribution in [3.05, 3.63) is 0 Å². The smallest absolute Gasteiger partial charge is 0.437 e. The maximum Gasteiger partial charge on any atom is 0.512 e. The van der Waals surface area contributed by atoms with Gasteiger partial charge in [-0.2, -0.15) is 0 Å². The van der Waals surface area contributed by atoms with Crippen LogP contribution in [-0.4, -0.2) is 41.2 Å². The SMILES string of the molecule is COC(=O)OC(O)(O)CCO. The summed E-state index contributed by atoms with van der Waals surface area (Å²) in [5.74, 6) is -2.65. The summed E-state index contributed by atoms with van der Waals surface area (Å²) in [6.07, 6.45) is -1.70. The normalized spacial score (nSPS) is 10.9. The molecule has 6 nitrogen and oxygen atoms in total. The van der Waals surface area contributed by atoms with Gasteiger partial charge in [0.1, 0.15) is 0 Å². The lowest BCUT2D eigenvalue weighted by molar-refractivity contribution is -0.318. The highest BCUT2D eigenvalue weighted by Crippen LogP contribution is 2.07. The summed E-state index contributed by atoms with van der Waals surface area (Å²) < 4.78 is 7.89. The van der Waals surface area contributed by atoms with E-state index >= 15 is 0 Å². The molecule has 0 aliphatic carbocycles. The number of carbonyl (C=O) groups is 1. The van der Waals surface area contributed by atoms with Crippen LogP contribution in [0.25, 0.3) is 0 Å². The number of ether oxygens (including phenoxy) is 2. The molecule has 0 aromatic rings. The second kappa shape index (κ2) is 4.12. The highest BCUT2D eigenvalue weighted by molar-refractivity contribution is 5.59. The molecule has 0 heterocycles. The van der Waals surface area contributed by atoms with Gasteiger partial charge in [0.25, 0.3) is 0 Å². The second-order valence-electron chi connectivity index (χ2n) is 1.77. The first-order valence-corrected chi connectivity index (χ1v) is 2.84. The Hall–Kier alpha value is -0.850. The van der Waals surface area contributed by atoms with E-state index in [0.29, 0.717) is 0 Å². The molecule has 0 fully saturated rings. The van der Waals surface area contributed by atoms with Crippen LogP contribution in [0.1, 0.15) is 6.42 Å². The van der Waals surface area contributed by atoms with E-state index in [1.807, 2.05) is 0 Å². The van der Waals surface area contributed by atoms with Crippen molar-refractivity contribution in [2.75, 3.05) is 13.7 Å². The van der Waals surface area contributed by atoms with Gasteiger partial charge in [-0.3, -0.25) is 0 Å². The number of aliphatic hydroxyl groups excluding tert-OH is 1. The molecule has 0 aliphatic heterocycles. The molecule has 3 N–H and O–H groups in total. The van der Waals surface area contributed by atoms with Crippen molar-refractivity contribution in [3.8, 4) is 0 Å². The molecule has 11 heavy (non-hydrogen) atoms. The third-order valence-corrected chi connectivity index (χ3v) is 0.851. The first-order valence-electron chi connectivity index (χ1n) is 2.84. The van der Waals surface area contributed by atoms with E-state index < -0.39 is 25.2 Å². The second-order valence-corrected chi connectivity index (χ2v) is 1.77. The number of hydrogen-bond donors (Lipinski definition) is 3. The summed E-state index contributed by atoms with van der Waals surface area (Å²) in [4.78, 5) is 10.3. The highest BCUT2D eigenvalue weighted by atomic mass is 16.8. The first kappa shape index (κ1) is 10.2. The first-order chi connectivity index (χ1) is 5.02. The average Bonchev–Trinajstić information content (AvgIpc) is 1.86. The van der Waals surface area contributed by atoms with Crippen molar-refractivity contribution < 1.29 is 29.6 Å². The Morgan fingerprint density at radius 2 is 2.09 bits per heavy atom. The van der Waals surface area contributed by atoms with Crippen LogP contribution in [0.15, 0.2) is 0 Å². The van der Waals surface area contributed by atoms with E-state index in [-0.39, 0.29) is 0 Å². The number of aliphatic hydroxyl groups is 3. The van der Waals surface area contributed by atoms with Gasteiger partial charge in [0.15, 0.2) is 0 Å². The molecule has 0 atom stereocenters. The van der Waals surface area contributed by atoms with Gasteiger partial charge in [0, 0.05) is 0 Å². The van der Waals surface area contributed by atoms with Crippen molar-refractivity contribution >= 4 is 6.16 Å². The maximum absolute atomic E-state index is 10.3. The van der Waals surface area contributed by atoms with E-state index in [0.717, 1.165) is 7.11 Å². The molecule has 0 spiro atoms. The van der Waals surface area contributed by atoms with Crippen molar-refractivity contribution in [2.45, 2.75) is 12.4 Å². The lowest BCUT2D eigenvalue weighted by Gasteiger charge is -2.18. The van der Waals surface area contributed by atoms with E-state index in [1.54, 1.807) is 0 Å². The highest BCUT2D eigenvalue weighted by Gasteiger charge is 2.28. The minimum absolute atomic E-state index is 0.484. The molecule has 0 saturated carbocycles. The number of methoxy groups -OCH3 is 1. The summed E-state index contributed by atoms with van der Waals surface area (Å²) in [7, 11) is 1.03. The van der Waals surface area contributed by atoms with Crippen molar-refractivity contribution in [3.63, 3.8) is 0 Å². The summed E-state index contributed by atoms with van der Waals surface area (Å²) in [5.41, 5.74) is 0. The zero-order chi connectivity index (χ0) is 8.91. The number of carbonyl (C=O) groups excluding carboxylic acids is 1. The summed E-state index contributed by atoms with van der Waals surface area (Å²) >= 11 is 0. The van der Waals surface area contributed by atoms with Gasteiger partial charge in [-0.1, -0.05) is 0 Å². The number of hydrogen-bond acceptors (Lipinski definition) is 6. The maximum atomic E-state index is 10.3. The van der Waals surface area contributed by atoms with E-state index in [2.05, 4.69) is 9.47 Å². The van der Waals surface area contributed by atoms with Crippen LogP contribution >= 0.6 is 0 Å². The average molecular weight is 166 g/mol. The van der Waals surface area contributed by atoms with Crippen LogP contribution in [0.2, 0.25) is 0 Å². The van der Waals surface area contributed by atoms with Crippen LogP contribution in [0, 0.1) is 0 Å². The predicted molar refractivity (Wildman–Crippen MR) is 32.4 cm³/mol. The van der Waals surface area contributed by atoms with Gasteiger partial charge in [-0.25, -0.2) is 4.79 Å². The Balaban J connectivity index is 3.80. The molecular formula is C5H10O6. The summed E-state index contributed by atoms with van der Waals surface area (Å²) in [6.45, 7) is -0.510. The van der Waals surface area contributed by atoms with E-state index in [4.69, 9.17) is 15.3 Å². The lowest BCUT2D eigenvalue weighted by Crippen LogP contribution is -2.35. The van der Waals surface area contributed by atoms with Crippen LogP contribution in [-0.2, 0) is 9.47 Å². The van der Waals surface area contributed by atoms with E-state index in [1.165, 1.54) is 0 Å². The van der Waals surface area contributed by atoms with Gasteiger partial charge in [-0.05, 0) is 0 Å². The summed E-state index contributed by atoms with van der Waals surface area (Å²) in [5, 5.41) is 25.6. The Bertz CT molecular complexity index is 131. The lowest BCUT2D eigenvalue weighted by atomic mass is 10.4. The van der Waals surface area contributed by atoms with Crippen molar-refractivity contribution in [1.82, 2.24) is 0 Å². The Labute approximate surface area is 63.0 Å². The minimum atomic E-state index is -2.65.